The monoisotopic (exact) mass is 152 g/mol. The largest absolute Gasteiger partial charge is 0.363 e. The van der Waals surface area contributed by atoms with E-state index in [0.717, 1.165) is 5.69 Å². The molecule has 1 rings (SSSR count). The second-order valence-electron chi connectivity index (χ2n) is 2.22. The van der Waals surface area contributed by atoms with E-state index in [1.807, 2.05) is 30.3 Å². The van der Waals surface area contributed by atoms with Crippen molar-refractivity contribution in [3.8, 4) is 0 Å². The van der Waals surface area contributed by atoms with Gasteiger partial charge in [-0.15, -0.1) is 0 Å². The van der Waals surface area contributed by atoms with Crippen LogP contribution in [-0.4, -0.2) is 13.8 Å². The minimum absolute atomic E-state index is 0.407. The third kappa shape index (κ3) is 2.22. The number of methoxy groups -OCH3 is 1. The van der Waals surface area contributed by atoms with Gasteiger partial charge in [0.1, 0.15) is 6.73 Å². The van der Waals surface area contributed by atoms with Crippen molar-refractivity contribution in [2.24, 2.45) is 5.84 Å². The Morgan fingerprint density at radius 2 is 2.00 bits per heavy atom. The minimum atomic E-state index is 0.407. The first-order valence-electron chi connectivity index (χ1n) is 3.41. The maximum Gasteiger partial charge on any atom is 0.132 e. The van der Waals surface area contributed by atoms with Crippen molar-refractivity contribution in [3.63, 3.8) is 0 Å². The van der Waals surface area contributed by atoms with Gasteiger partial charge in [0, 0.05) is 7.11 Å². The smallest absolute Gasteiger partial charge is 0.132 e. The van der Waals surface area contributed by atoms with Gasteiger partial charge in [-0.1, -0.05) is 18.2 Å². The molecule has 0 atom stereocenters. The molecule has 0 aliphatic carbocycles. The van der Waals surface area contributed by atoms with Crippen molar-refractivity contribution in [1.82, 2.24) is 0 Å². The lowest BCUT2D eigenvalue weighted by atomic mass is 10.3. The summed E-state index contributed by atoms with van der Waals surface area (Å²) in [6.45, 7) is 0.407. The molecule has 1 aromatic carbocycles. The molecule has 0 aromatic heterocycles. The highest BCUT2D eigenvalue weighted by Crippen LogP contribution is 2.07. The van der Waals surface area contributed by atoms with E-state index < -0.39 is 0 Å². The van der Waals surface area contributed by atoms with Crippen LogP contribution in [-0.2, 0) is 4.74 Å². The summed E-state index contributed by atoms with van der Waals surface area (Å²) in [7, 11) is 1.61. The number of rotatable bonds is 3. The van der Waals surface area contributed by atoms with E-state index >= 15 is 0 Å². The van der Waals surface area contributed by atoms with Crippen LogP contribution in [0, 0.1) is 0 Å². The first-order chi connectivity index (χ1) is 5.34. The third-order valence-corrected chi connectivity index (χ3v) is 1.36. The molecule has 0 radical (unpaired) electrons. The number of nitrogens with zero attached hydrogens (tertiary/aromatic N) is 1. The zero-order chi connectivity index (χ0) is 8.10. The van der Waals surface area contributed by atoms with Crippen LogP contribution in [0.15, 0.2) is 30.3 Å². The average Bonchev–Trinajstić information content (AvgIpc) is 2.07. The van der Waals surface area contributed by atoms with Gasteiger partial charge in [-0.2, -0.15) is 0 Å². The zero-order valence-corrected chi connectivity index (χ0v) is 6.53. The van der Waals surface area contributed by atoms with Crippen LogP contribution >= 0.6 is 0 Å². The van der Waals surface area contributed by atoms with Crippen molar-refractivity contribution in [3.05, 3.63) is 30.3 Å². The Balaban J connectivity index is 2.61. The molecule has 3 heteroatoms. The summed E-state index contributed by atoms with van der Waals surface area (Å²) >= 11 is 0. The van der Waals surface area contributed by atoms with E-state index in [1.54, 1.807) is 12.1 Å². The van der Waals surface area contributed by atoms with Crippen LogP contribution in [0.2, 0.25) is 0 Å². The molecule has 11 heavy (non-hydrogen) atoms. The number of hydrazine groups is 1. The Kier molecular flexibility index (Phi) is 2.89. The fourth-order valence-corrected chi connectivity index (χ4v) is 0.833. The molecule has 0 aliphatic rings. The molecule has 60 valence electrons. The number of benzene rings is 1. The SMILES string of the molecule is COCN(N)c1ccccc1. The first kappa shape index (κ1) is 8.04. The van der Waals surface area contributed by atoms with Gasteiger partial charge in [-0.05, 0) is 12.1 Å². The van der Waals surface area contributed by atoms with Crippen molar-refractivity contribution >= 4 is 5.69 Å². The van der Waals surface area contributed by atoms with E-state index in [9.17, 15) is 0 Å². The minimum Gasteiger partial charge on any atom is -0.363 e. The van der Waals surface area contributed by atoms with Gasteiger partial charge >= 0.3 is 0 Å². The maximum absolute atomic E-state index is 5.61. The highest BCUT2D eigenvalue weighted by Gasteiger charge is 1.96. The summed E-state index contributed by atoms with van der Waals surface area (Å²) in [6, 6.07) is 9.68. The zero-order valence-electron chi connectivity index (χ0n) is 6.53. The predicted molar refractivity (Wildman–Crippen MR) is 45.0 cm³/mol. The Bertz CT molecular complexity index is 201. The predicted octanol–water partition coefficient (Wildman–Crippen LogP) is 0.971. The third-order valence-electron chi connectivity index (χ3n) is 1.36. The molecule has 0 unspecified atom stereocenters. The Morgan fingerprint density at radius 3 is 2.55 bits per heavy atom. The van der Waals surface area contributed by atoms with Gasteiger partial charge in [-0.3, -0.25) is 5.01 Å². The van der Waals surface area contributed by atoms with Crippen molar-refractivity contribution in [1.29, 1.82) is 0 Å². The van der Waals surface area contributed by atoms with Crippen LogP contribution in [0.5, 0.6) is 0 Å². The van der Waals surface area contributed by atoms with Crippen LogP contribution in [0.25, 0.3) is 0 Å². The number of anilines is 1. The molecule has 0 spiro atoms. The fourth-order valence-electron chi connectivity index (χ4n) is 0.833. The second-order valence-corrected chi connectivity index (χ2v) is 2.22. The van der Waals surface area contributed by atoms with Gasteiger partial charge < -0.3 is 4.74 Å². The molecule has 0 heterocycles. The van der Waals surface area contributed by atoms with Gasteiger partial charge in [0.25, 0.3) is 0 Å². The molecule has 0 saturated carbocycles. The fraction of sp³-hybridized carbons (Fsp3) is 0.250. The lowest BCUT2D eigenvalue weighted by Gasteiger charge is -2.16. The number of ether oxygens (including phenoxy) is 1. The summed E-state index contributed by atoms with van der Waals surface area (Å²) in [5.41, 5.74) is 0.953. The highest BCUT2D eigenvalue weighted by atomic mass is 16.5. The Morgan fingerprint density at radius 1 is 1.36 bits per heavy atom. The first-order valence-corrected chi connectivity index (χ1v) is 3.41. The van der Waals surface area contributed by atoms with Crippen molar-refractivity contribution in [2.75, 3.05) is 18.8 Å². The summed E-state index contributed by atoms with van der Waals surface area (Å²) in [5, 5.41) is 1.54. The topological polar surface area (TPSA) is 38.5 Å². The summed E-state index contributed by atoms with van der Waals surface area (Å²) < 4.78 is 4.86. The van der Waals surface area contributed by atoms with E-state index in [4.69, 9.17) is 10.6 Å². The molecular weight excluding hydrogens is 140 g/mol. The normalized spacial score (nSPS) is 9.64. The molecular formula is C8H12N2O. The molecule has 0 saturated heterocycles. The summed E-state index contributed by atoms with van der Waals surface area (Å²) in [6.07, 6.45) is 0. The molecule has 0 bridgehead atoms. The van der Waals surface area contributed by atoms with Gasteiger partial charge in [0.05, 0.1) is 5.69 Å². The second kappa shape index (κ2) is 3.95. The van der Waals surface area contributed by atoms with Gasteiger partial charge in [0.2, 0.25) is 0 Å². The molecule has 2 N–H and O–H groups in total. The molecule has 0 amide bonds. The lowest BCUT2D eigenvalue weighted by molar-refractivity contribution is 0.198. The van der Waals surface area contributed by atoms with Crippen molar-refractivity contribution < 1.29 is 4.74 Å². The number of hydrogen-bond donors (Lipinski definition) is 1. The van der Waals surface area contributed by atoms with E-state index in [0.29, 0.717) is 6.73 Å². The number of nitrogens with two attached hydrogens (primary N) is 1. The molecule has 0 fully saturated rings. The van der Waals surface area contributed by atoms with Gasteiger partial charge in [-0.25, -0.2) is 5.84 Å². The molecule has 3 nitrogen and oxygen atoms in total. The summed E-state index contributed by atoms with van der Waals surface area (Å²) in [5.74, 6) is 5.61. The number of hydrogen-bond acceptors (Lipinski definition) is 3. The lowest BCUT2D eigenvalue weighted by Crippen LogP contribution is -2.32. The van der Waals surface area contributed by atoms with Crippen LogP contribution in [0.4, 0.5) is 5.69 Å². The van der Waals surface area contributed by atoms with Crippen molar-refractivity contribution in [2.45, 2.75) is 0 Å². The Hall–Kier alpha value is -1.06. The number of para-hydroxylation sites is 1. The van der Waals surface area contributed by atoms with E-state index in [2.05, 4.69) is 0 Å². The van der Waals surface area contributed by atoms with Gasteiger partial charge in [0.15, 0.2) is 0 Å². The quantitative estimate of drug-likeness (QED) is 0.398. The highest BCUT2D eigenvalue weighted by molar-refractivity contribution is 5.43. The van der Waals surface area contributed by atoms with Crippen LogP contribution in [0.1, 0.15) is 0 Å². The molecule has 0 aliphatic heterocycles. The van der Waals surface area contributed by atoms with E-state index in [-0.39, 0.29) is 0 Å². The van der Waals surface area contributed by atoms with Crippen LogP contribution in [0.3, 0.4) is 0 Å². The maximum atomic E-state index is 5.61. The summed E-state index contributed by atoms with van der Waals surface area (Å²) in [4.78, 5) is 0. The van der Waals surface area contributed by atoms with Crippen LogP contribution < -0.4 is 10.9 Å². The standard InChI is InChI=1S/C8H12N2O/c1-11-7-10(9)8-5-3-2-4-6-8/h2-6H,7,9H2,1H3. The van der Waals surface area contributed by atoms with E-state index in [1.165, 1.54) is 0 Å². The average molecular weight is 152 g/mol. The molecule has 1 aromatic rings. The Labute approximate surface area is 66.3 Å².